The van der Waals surface area contributed by atoms with E-state index in [0.29, 0.717) is 49.6 Å². The number of halogens is 1. The number of benzene rings is 2. The van der Waals surface area contributed by atoms with E-state index in [2.05, 4.69) is 20.2 Å². The summed E-state index contributed by atoms with van der Waals surface area (Å²) >= 11 is 1.27. The number of morpholine rings is 1. The van der Waals surface area contributed by atoms with Crippen molar-refractivity contribution in [3.8, 4) is 5.69 Å². The summed E-state index contributed by atoms with van der Waals surface area (Å²) in [5.74, 6) is 0.320. The second-order valence-corrected chi connectivity index (χ2v) is 8.61. The van der Waals surface area contributed by atoms with Crippen LogP contribution in [-0.2, 0) is 9.53 Å². The molecule has 0 atom stereocenters. The van der Waals surface area contributed by atoms with Crippen molar-refractivity contribution < 1.29 is 13.9 Å². The Bertz CT molecular complexity index is 1160. The monoisotopic (exact) mass is 466 g/mol. The average molecular weight is 467 g/mol. The van der Waals surface area contributed by atoms with Gasteiger partial charge in [0.25, 0.3) is 5.91 Å². The van der Waals surface area contributed by atoms with Crippen molar-refractivity contribution in [3.63, 3.8) is 0 Å². The molecule has 0 N–H and O–H groups in total. The minimum absolute atomic E-state index is 0.104. The Labute approximate surface area is 195 Å². The zero-order valence-corrected chi connectivity index (χ0v) is 18.7. The molecular formula is C23H23FN6O2S. The molecule has 0 bridgehead atoms. The van der Waals surface area contributed by atoms with E-state index in [-0.39, 0.29) is 17.5 Å². The van der Waals surface area contributed by atoms with Gasteiger partial charge in [0.1, 0.15) is 5.82 Å². The quantitative estimate of drug-likeness (QED) is 0.520. The Balaban J connectivity index is 1.35. The topological polar surface area (TPSA) is 75.9 Å². The third-order valence-electron chi connectivity index (χ3n) is 5.50. The van der Waals surface area contributed by atoms with E-state index in [1.165, 1.54) is 28.9 Å². The molecule has 3 aromatic rings. The lowest BCUT2D eigenvalue weighted by Crippen LogP contribution is -2.37. The van der Waals surface area contributed by atoms with E-state index in [9.17, 15) is 9.18 Å². The summed E-state index contributed by atoms with van der Waals surface area (Å²) in [4.78, 5) is 14.9. The molecule has 1 saturated heterocycles. The van der Waals surface area contributed by atoms with Crippen LogP contribution in [-0.4, -0.2) is 70.0 Å². The molecule has 3 heterocycles. The highest BCUT2D eigenvalue weighted by atomic mass is 32.2. The Morgan fingerprint density at radius 1 is 1.03 bits per heavy atom. The van der Waals surface area contributed by atoms with Crippen LogP contribution in [0.2, 0.25) is 0 Å². The normalized spacial score (nSPS) is 16.2. The highest BCUT2D eigenvalue weighted by Gasteiger charge is 2.25. The molecule has 0 radical (unpaired) electrons. The number of hydrogen-bond acceptors (Lipinski definition) is 7. The van der Waals surface area contributed by atoms with Crippen molar-refractivity contribution in [3.05, 3.63) is 66.0 Å². The third kappa shape index (κ3) is 4.76. The lowest BCUT2D eigenvalue weighted by molar-refractivity contribution is -0.127. The van der Waals surface area contributed by atoms with E-state index < -0.39 is 0 Å². The molecule has 0 spiro atoms. The molecule has 1 fully saturated rings. The summed E-state index contributed by atoms with van der Waals surface area (Å²) in [5, 5.41) is 15.2. The molecule has 5 rings (SSSR count). The number of hydrogen-bond donors (Lipinski definition) is 0. The van der Waals surface area contributed by atoms with Crippen molar-refractivity contribution in [1.29, 1.82) is 0 Å². The van der Waals surface area contributed by atoms with Crippen LogP contribution in [0.25, 0.3) is 5.69 Å². The Hall–Kier alpha value is -3.24. The van der Waals surface area contributed by atoms with Crippen LogP contribution in [0.5, 0.6) is 0 Å². The van der Waals surface area contributed by atoms with Gasteiger partial charge in [-0.3, -0.25) is 9.36 Å². The standard InChI is InChI=1S/C23H23FN6O2S/c24-18-7-4-8-19(15-18)30-22(28-11-13-32-14-12-28)25-26-23(30)33-16-21(31)29-10-9-20(27-29)17-5-2-1-3-6-17/h1-8,15H,9-14,16H2. The molecule has 0 aliphatic carbocycles. The number of anilines is 1. The second-order valence-electron chi connectivity index (χ2n) is 7.67. The van der Waals surface area contributed by atoms with Crippen molar-refractivity contribution in [2.45, 2.75) is 11.6 Å². The molecule has 1 amide bonds. The first-order valence-corrected chi connectivity index (χ1v) is 11.8. The number of carbonyl (C=O) groups excluding carboxylic acids is 1. The average Bonchev–Trinajstić information content (AvgIpc) is 3.52. The number of hydrazone groups is 1. The van der Waals surface area contributed by atoms with Gasteiger partial charge in [-0.05, 0) is 23.8 Å². The fourth-order valence-corrected chi connectivity index (χ4v) is 4.65. The van der Waals surface area contributed by atoms with Crippen LogP contribution in [0.15, 0.2) is 64.9 Å². The van der Waals surface area contributed by atoms with Crippen LogP contribution in [0.3, 0.4) is 0 Å². The maximum Gasteiger partial charge on any atom is 0.253 e. The van der Waals surface area contributed by atoms with Crippen LogP contribution >= 0.6 is 11.8 Å². The number of carbonyl (C=O) groups is 1. The van der Waals surface area contributed by atoms with E-state index >= 15 is 0 Å². The second kappa shape index (κ2) is 9.72. The van der Waals surface area contributed by atoms with Crippen LogP contribution in [0.1, 0.15) is 12.0 Å². The number of nitrogens with zero attached hydrogens (tertiary/aromatic N) is 6. The maximum absolute atomic E-state index is 14.0. The van der Waals surface area contributed by atoms with Gasteiger partial charge in [-0.1, -0.05) is 48.2 Å². The summed E-state index contributed by atoms with van der Waals surface area (Å²) in [7, 11) is 0. The van der Waals surface area contributed by atoms with E-state index in [1.807, 2.05) is 30.3 Å². The van der Waals surface area contributed by atoms with Crippen molar-refractivity contribution in [2.24, 2.45) is 5.10 Å². The minimum Gasteiger partial charge on any atom is -0.378 e. The van der Waals surface area contributed by atoms with Crippen molar-refractivity contribution in [2.75, 3.05) is 43.5 Å². The molecule has 33 heavy (non-hydrogen) atoms. The SMILES string of the molecule is O=C(CSc1nnc(N2CCOCC2)n1-c1cccc(F)c1)N1CCC(c2ccccc2)=N1. The van der Waals surface area contributed by atoms with E-state index in [1.54, 1.807) is 16.7 Å². The molecule has 2 aliphatic rings. The number of ether oxygens (including phenoxy) is 1. The van der Waals surface area contributed by atoms with Gasteiger partial charge >= 0.3 is 0 Å². The third-order valence-corrected chi connectivity index (χ3v) is 6.41. The predicted octanol–water partition coefficient (Wildman–Crippen LogP) is 2.97. The number of thioether (sulfide) groups is 1. The van der Waals surface area contributed by atoms with E-state index in [4.69, 9.17) is 4.74 Å². The summed E-state index contributed by atoms with van der Waals surface area (Å²) in [6.45, 7) is 3.07. The van der Waals surface area contributed by atoms with Gasteiger partial charge in [-0.15, -0.1) is 10.2 Å². The lowest BCUT2D eigenvalue weighted by atomic mass is 10.1. The molecule has 8 nitrogen and oxygen atoms in total. The van der Waals surface area contributed by atoms with Crippen LogP contribution < -0.4 is 4.90 Å². The van der Waals surface area contributed by atoms with Gasteiger partial charge in [-0.25, -0.2) is 9.40 Å². The van der Waals surface area contributed by atoms with Crippen LogP contribution in [0.4, 0.5) is 10.3 Å². The lowest BCUT2D eigenvalue weighted by Gasteiger charge is -2.27. The molecule has 2 aromatic carbocycles. The highest BCUT2D eigenvalue weighted by Crippen LogP contribution is 2.28. The Kier molecular flexibility index (Phi) is 6.36. The first-order chi connectivity index (χ1) is 16.2. The van der Waals surface area contributed by atoms with Crippen molar-refractivity contribution in [1.82, 2.24) is 19.8 Å². The number of amides is 1. The molecule has 170 valence electrons. The fraction of sp³-hybridized carbons (Fsp3) is 0.304. The summed E-state index contributed by atoms with van der Waals surface area (Å²) in [6.07, 6.45) is 0.723. The molecule has 0 unspecified atom stereocenters. The van der Waals surface area contributed by atoms with Gasteiger partial charge in [0, 0.05) is 19.5 Å². The molecule has 1 aromatic heterocycles. The zero-order chi connectivity index (χ0) is 22.6. The highest BCUT2D eigenvalue weighted by molar-refractivity contribution is 7.99. The van der Waals surface area contributed by atoms with Gasteiger partial charge in [0.15, 0.2) is 5.16 Å². The summed E-state index contributed by atoms with van der Waals surface area (Å²) in [6, 6.07) is 16.2. The molecule has 10 heteroatoms. The smallest absolute Gasteiger partial charge is 0.253 e. The first kappa shape index (κ1) is 21.6. The number of aromatic nitrogens is 3. The van der Waals surface area contributed by atoms with Gasteiger partial charge < -0.3 is 9.64 Å². The minimum atomic E-state index is -0.346. The summed E-state index contributed by atoms with van der Waals surface area (Å²) in [5.41, 5.74) is 2.55. The van der Waals surface area contributed by atoms with Gasteiger partial charge in [0.2, 0.25) is 5.95 Å². The first-order valence-electron chi connectivity index (χ1n) is 10.8. The largest absolute Gasteiger partial charge is 0.378 e. The van der Waals surface area contributed by atoms with Crippen LogP contribution in [0, 0.1) is 5.82 Å². The van der Waals surface area contributed by atoms with Gasteiger partial charge in [0.05, 0.1) is 36.9 Å². The molecule has 2 aliphatic heterocycles. The Morgan fingerprint density at radius 3 is 2.64 bits per heavy atom. The molecular weight excluding hydrogens is 443 g/mol. The van der Waals surface area contributed by atoms with E-state index in [0.717, 1.165) is 17.7 Å². The Morgan fingerprint density at radius 2 is 1.85 bits per heavy atom. The van der Waals surface area contributed by atoms with Gasteiger partial charge in [-0.2, -0.15) is 5.10 Å². The number of rotatable bonds is 6. The zero-order valence-electron chi connectivity index (χ0n) is 17.9. The van der Waals surface area contributed by atoms with Crippen molar-refractivity contribution >= 4 is 29.3 Å². The molecule has 0 saturated carbocycles. The fourth-order valence-electron chi connectivity index (χ4n) is 3.84. The predicted molar refractivity (Wildman–Crippen MR) is 124 cm³/mol. The summed E-state index contributed by atoms with van der Waals surface area (Å²) < 4.78 is 21.2. The maximum atomic E-state index is 14.0.